The van der Waals surface area contributed by atoms with Gasteiger partial charge in [0.15, 0.2) is 10.9 Å². The minimum Gasteiger partial charge on any atom is -0.504 e. The zero-order valence-corrected chi connectivity index (χ0v) is 10.2. The van der Waals surface area contributed by atoms with Gasteiger partial charge in [-0.2, -0.15) is 0 Å². The van der Waals surface area contributed by atoms with Crippen molar-refractivity contribution in [1.29, 1.82) is 0 Å². The standard InChI is InChI=1S/C11H6Cl3NO/c12-7-3-6(4-8(13)5-7)9-1-2-15-11(14)10(9)16/h1-5,16H. The second-order valence-electron chi connectivity index (χ2n) is 3.16. The highest BCUT2D eigenvalue weighted by molar-refractivity contribution is 6.35. The average Bonchev–Trinajstić information content (AvgIpc) is 2.20. The van der Waals surface area contributed by atoms with Gasteiger partial charge in [0, 0.05) is 21.8 Å². The van der Waals surface area contributed by atoms with Crippen LogP contribution >= 0.6 is 34.8 Å². The minimum atomic E-state index is -0.0810. The van der Waals surface area contributed by atoms with E-state index in [-0.39, 0.29) is 10.9 Å². The summed E-state index contributed by atoms with van der Waals surface area (Å²) in [6, 6.07) is 6.65. The van der Waals surface area contributed by atoms with E-state index in [1.54, 1.807) is 24.3 Å². The molecule has 2 rings (SSSR count). The number of benzene rings is 1. The third-order valence-electron chi connectivity index (χ3n) is 2.05. The summed E-state index contributed by atoms with van der Waals surface area (Å²) >= 11 is 17.5. The maximum Gasteiger partial charge on any atom is 0.171 e. The number of pyridine rings is 1. The van der Waals surface area contributed by atoms with Crippen molar-refractivity contribution in [2.75, 3.05) is 0 Å². The zero-order chi connectivity index (χ0) is 11.7. The molecule has 0 bridgehead atoms. The monoisotopic (exact) mass is 273 g/mol. The topological polar surface area (TPSA) is 33.1 Å². The van der Waals surface area contributed by atoms with Crippen molar-refractivity contribution in [3.63, 3.8) is 0 Å². The zero-order valence-electron chi connectivity index (χ0n) is 7.92. The highest BCUT2D eigenvalue weighted by atomic mass is 35.5. The molecule has 16 heavy (non-hydrogen) atoms. The Morgan fingerprint density at radius 2 is 1.62 bits per heavy atom. The van der Waals surface area contributed by atoms with E-state index < -0.39 is 0 Å². The van der Waals surface area contributed by atoms with Crippen LogP contribution in [-0.2, 0) is 0 Å². The van der Waals surface area contributed by atoms with Gasteiger partial charge < -0.3 is 5.11 Å². The number of aromatic hydroxyl groups is 1. The van der Waals surface area contributed by atoms with Crippen LogP contribution in [0.2, 0.25) is 15.2 Å². The lowest BCUT2D eigenvalue weighted by atomic mass is 10.1. The third kappa shape index (κ3) is 2.24. The van der Waals surface area contributed by atoms with Gasteiger partial charge in [0.05, 0.1) is 0 Å². The molecule has 0 amide bonds. The summed E-state index contributed by atoms with van der Waals surface area (Å²) in [7, 11) is 0. The first-order valence-corrected chi connectivity index (χ1v) is 5.51. The van der Waals surface area contributed by atoms with E-state index >= 15 is 0 Å². The summed E-state index contributed by atoms with van der Waals surface area (Å²) in [4.78, 5) is 3.76. The Labute approximate surface area is 107 Å². The molecule has 1 N–H and O–H groups in total. The van der Waals surface area contributed by atoms with Crippen molar-refractivity contribution in [2.24, 2.45) is 0 Å². The predicted octanol–water partition coefficient (Wildman–Crippen LogP) is 4.41. The Bertz CT molecular complexity index is 522. The molecular weight excluding hydrogens is 268 g/mol. The summed E-state index contributed by atoms with van der Waals surface area (Å²) in [5, 5.41) is 10.8. The highest BCUT2D eigenvalue weighted by Gasteiger charge is 2.09. The Morgan fingerprint density at radius 3 is 2.25 bits per heavy atom. The molecule has 0 aliphatic heterocycles. The van der Waals surface area contributed by atoms with E-state index in [2.05, 4.69) is 4.98 Å². The van der Waals surface area contributed by atoms with E-state index in [1.165, 1.54) is 6.20 Å². The van der Waals surface area contributed by atoms with Gasteiger partial charge in [-0.05, 0) is 29.8 Å². The maximum absolute atomic E-state index is 9.75. The first-order chi connectivity index (χ1) is 7.58. The number of nitrogens with zero attached hydrogens (tertiary/aromatic N) is 1. The van der Waals surface area contributed by atoms with Crippen LogP contribution in [0.25, 0.3) is 11.1 Å². The largest absolute Gasteiger partial charge is 0.504 e. The van der Waals surface area contributed by atoms with E-state index in [4.69, 9.17) is 34.8 Å². The first-order valence-electron chi connectivity index (χ1n) is 4.38. The predicted molar refractivity (Wildman–Crippen MR) is 66.4 cm³/mol. The number of hydrogen-bond donors (Lipinski definition) is 1. The average molecular weight is 275 g/mol. The van der Waals surface area contributed by atoms with Gasteiger partial charge >= 0.3 is 0 Å². The quantitative estimate of drug-likeness (QED) is 0.781. The smallest absolute Gasteiger partial charge is 0.171 e. The van der Waals surface area contributed by atoms with Gasteiger partial charge in [0.25, 0.3) is 0 Å². The van der Waals surface area contributed by atoms with E-state index in [0.29, 0.717) is 21.2 Å². The van der Waals surface area contributed by atoms with Crippen molar-refractivity contribution in [3.05, 3.63) is 45.7 Å². The van der Waals surface area contributed by atoms with Crippen LogP contribution in [0.3, 0.4) is 0 Å². The molecule has 0 saturated carbocycles. The van der Waals surface area contributed by atoms with E-state index in [9.17, 15) is 5.11 Å². The van der Waals surface area contributed by atoms with Gasteiger partial charge in [0.1, 0.15) is 0 Å². The molecular formula is C11H6Cl3NO. The second-order valence-corrected chi connectivity index (χ2v) is 4.39. The van der Waals surface area contributed by atoms with Crippen LogP contribution in [-0.4, -0.2) is 10.1 Å². The summed E-state index contributed by atoms with van der Waals surface area (Å²) < 4.78 is 0. The molecule has 0 saturated heterocycles. The van der Waals surface area contributed by atoms with Gasteiger partial charge in [-0.1, -0.05) is 34.8 Å². The fraction of sp³-hybridized carbons (Fsp3) is 0. The van der Waals surface area contributed by atoms with Gasteiger partial charge in [-0.25, -0.2) is 4.98 Å². The van der Waals surface area contributed by atoms with Crippen molar-refractivity contribution in [2.45, 2.75) is 0 Å². The second kappa shape index (κ2) is 4.50. The molecule has 1 aromatic heterocycles. The first kappa shape index (κ1) is 11.5. The molecule has 1 aromatic carbocycles. The van der Waals surface area contributed by atoms with Gasteiger partial charge in [-0.15, -0.1) is 0 Å². The molecule has 0 fully saturated rings. The normalized spacial score (nSPS) is 10.4. The Hall–Kier alpha value is -0.960. The summed E-state index contributed by atoms with van der Waals surface area (Å²) in [5.41, 5.74) is 1.24. The van der Waals surface area contributed by atoms with Crippen molar-refractivity contribution >= 4 is 34.8 Å². The molecule has 0 unspecified atom stereocenters. The van der Waals surface area contributed by atoms with Gasteiger partial charge in [-0.3, -0.25) is 0 Å². The number of hydrogen-bond acceptors (Lipinski definition) is 2. The Balaban J connectivity index is 2.63. The molecule has 0 radical (unpaired) electrons. The lowest BCUT2D eigenvalue weighted by Gasteiger charge is -2.06. The number of halogens is 3. The summed E-state index contributed by atoms with van der Waals surface area (Å²) in [6.45, 7) is 0. The molecule has 2 nitrogen and oxygen atoms in total. The molecule has 0 aliphatic carbocycles. The number of rotatable bonds is 1. The van der Waals surface area contributed by atoms with Crippen LogP contribution in [0.5, 0.6) is 5.75 Å². The van der Waals surface area contributed by atoms with Crippen molar-refractivity contribution in [3.8, 4) is 16.9 Å². The van der Waals surface area contributed by atoms with Crippen LogP contribution < -0.4 is 0 Å². The van der Waals surface area contributed by atoms with Gasteiger partial charge in [0.2, 0.25) is 0 Å². The molecule has 0 aliphatic rings. The third-order valence-corrected chi connectivity index (χ3v) is 2.77. The van der Waals surface area contributed by atoms with Crippen LogP contribution in [0.4, 0.5) is 0 Å². The molecule has 0 spiro atoms. The number of aromatic nitrogens is 1. The van der Waals surface area contributed by atoms with Crippen molar-refractivity contribution in [1.82, 2.24) is 4.98 Å². The highest BCUT2D eigenvalue weighted by Crippen LogP contribution is 2.35. The van der Waals surface area contributed by atoms with Crippen LogP contribution in [0.15, 0.2) is 30.5 Å². The molecule has 1 heterocycles. The Kier molecular flexibility index (Phi) is 3.24. The molecule has 82 valence electrons. The molecule has 5 heteroatoms. The summed E-state index contributed by atoms with van der Waals surface area (Å²) in [6.07, 6.45) is 1.51. The minimum absolute atomic E-state index is 0.0496. The fourth-order valence-electron chi connectivity index (χ4n) is 1.37. The van der Waals surface area contributed by atoms with E-state index in [1.807, 2.05) is 0 Å². The lowest BCUT2D eigenvalue weighted by molar-refractivity contribution is 0.475. The SMILES string of the molecule is Oc1c(-c2cc(Cl)cc(Cl)c2)ccnc1Cl. The summed E-state index contributed by atoms with van der Waals surface area (Å²) in [5.74, 6) is -0.0810. The Morgan fingerprint density at radius 1 is 1.00 bits per heavy atom. The molecule has 2 aromatic rings. The van der Waals surface area contributed by atoms with E-state index in [0.717, 1.165) is 0 Å². The lowest BCUT2D eigenvalue weighted by Crippen LogP contribution is -1.83. The van der Waals surface area contributed by atoms with Crippen molar-refractivity contribution < 1.29 is 5.11 Å². The fourth-order valence-corrected chi connectivity index (χ4v) is 2.05. The molecule has 0 atom stereocenters. The van der Waals surface area contributed by atoms with Crippen LogP contribution in [0.1, 0.15) is 0 Å². The maximum atomic E-state index is 9.75. The van der Waals surface area contributed by atoms with Crippen LogP contribution in [0, 0.1) is 0 Å².